The molecule has 5 heterocycles. The number of hydrogen-bond acceptors (Lipinski definition) is 6. The Labute approximate surface area is 683 Å². The summed E-state index contributed by atoms with van der Waals surface area (Å²) in [4.78, 5) is 30.3. The molecule has 14 aromatic carbocycles. The molecule has 19 aromatic rings. The van der Waals surface area contributed by atoms with Crippen LogP contribution in [0.2, 0.25) is 0 Å². The lowest BCUT2D eigenvalue weighted by atomic mass is 9.78. The molecular formula is C111H82N6. The van der Waals surface area contributed by atoms with Crippen molar-refractivity contribution in [2.75, 3.05) is 0 Å². The van der Waals surface area contributed by atoms with E-state index in [2.05, 4.69) is 404 Å². The van der Waals surface area contributed by atoms with E-state index in [0.29, 0.717) is 5.82 Å². The van der Waals surface area contributed by atoms with Crippen LogP contribution in [0.5, 0.6) is 0 Å². The molecule has 0 spiro atoms. The number of benzene rings is 14. The van der Waals surface area contributed by atoms with Crippen LogP contribution in [0.1, 0.15) is 74.9 Å². The fourth-order valence-electron chi connectivity index (χ4n) is 18.5. The van der Waals surface area contributed by atoms with Crippen LogP contribution in [0.3, 0.4) is 0 Å². The normalized spacial score (nSPS) is 13.2. The topological polar surface area (TPSA) is 77.3 Å². The van der Waals surface area contributed by atoms with E-state index in [-0.39, 0.29) is 16.2 Å². The SMILES string of the molecule is CC1(C)c2ccccc2-c2nc3ccccc3c(-c3ccc(-c4cccc(-c5ccccc5)c4)cc3)c21.CC1(C)c2ccccc2-c2nc3ccccc3c(-c3ccc(-c4cccc(-c5ccccn5)c4)cc3)c21.CC1(C)c2ccccc2-c2nc3ccccc3c(-c3cccc(-c4nc(-c5ccccc5)cc(-c5ccccc5)n4)c3)c21. The third-order valence-corrected chi connectivity index (χ3v) is 24.2. The second kappa shape index (κ2) is 29.2. The molecule has 3 aliphatic rings. The monoisotopic (exact) mass is 1500 g/mol. The fraction of sp³-hybridized carbons (Fsp3) is 0.0811. The smallest absolute Gasteiger partial charge is 0.160 e. The molecule has 0 radical (unpaired) electrons. The molecule has 117 heavy (non-hydrogen) atoms. The van der Waals surface area contributed by atoms with Gasteiger partial charge in [0.25, 0.3) is 0 Å². The van der Waals surface area contributed by atoms with E-state index in [1.54, 1.807) is 0 Å². The van der Waals surface area contributed by atoms with Crippen LogP contribution in [0.25, 0.3) is 178 Å². The molecule has 22 rings (SSSR count). The third kappa shape index (κ3) is 12.7. The number of fused-ring (bicyclic) bond motifs is 12. The number of para-hydroxylation sites is 3. The zero-order valence-corrected chi connectivity index (χ0v) is 66.1. The van der Waals surface area contributed by atoms with E-state index in [0.717, 1.165) is 83.9 Å². The summed E-state index contributed by atoms with van der Waals surface area (Å²) in [5, 5.41) is 3.57. The third-order valence-electron chi connectivity index (χ3n) is 24.2. The van der Waals surface area contributed by atoms with Gasteiger partial charge in [0.1, 0.15) is 0 Å². The summed E-state index contributed by atoms with van der Waals surface area (Å²) in [6.45, 7) is 14.0. The van der Waals surface area contributed by atoms with E-state index >= 15 is 0 Å². The van der Waals surface area contributed by atoms with E-state index in [9.17, 15) is 0 Å². The highest BCUT2D eigenvalue weighted by Crippen LogP contribution is 2.57. The molecule has 6 nitrogen and oxygen atoms in total. The fourth-order valence-corrected chi connectivity index (χ4v) is 18.5. The van der Waals surface area contributed by atoms with Crippen molar-refractivity contribution in [2.24, 2.45) is 0 Å². The van der Waals surface area contributed by atoms with Crippen LogP contribution < -0.4 is 0 Å². The average molecular weight is 1500 g/mol. The van der Waals surface area contributed by atoms with Crippen molar-refractivity contribution in [1.82, 2.24) is 29.9 Å². The Hall–Kier alpha value is -14.5. The second-order valence-electron chi connectivity index (χ2n) is 32.4. The van der Waals surface area contributed by atoms with Crippen molar-refractivity contribution in [3.05, 3.63) is 422 Å². The molecule has 5 aromatic heterocycles. The van der Waals surface area contributed by atoms with Gasteiger partial charge in [0.05, 0.1) is 50.7 Å². The van der Waals surface area contributed by atoms with Crippen molar-refractivity contribution in [3.63, 3.8) is 0 Å². The highest BCUT2D eigenvalue weighted by atomic mass is 14.9. The summed E-state index contributed by atoms with van der Waals surface area (Å²) in [7, 11) is 0. The molecule has 0 aliphatic heterocycles. The summed E-state index contributed by atoms with van der Waals surface area (Å²) in [5.74, 6) is 0.708. The Morgan fingerprint density at radius 1 is 0.197 bits per heavy atom. The van der Waals surface area contributed by atoms with Crippen LogP contribution in [0.4, 0.5) is 0 Å². The maximum Gasteiger partial charge on any atom is 0.160 e. The van der Waals surface area contributed by atoms with Gasteiger partial charge in [-0.05, 0) is 155 Å². The first-order valence-electron chi connectivity index (χ1n) is 40.4. The Balaban J connectivity index is 0.000000113. The molecule has 0 fully saturated rings. The summed E-state index contributed by atoms with van der Waals surface area (Å²) < 4.78 is 0. The van der Waals surface area contributed by atoms with Crippen molar-refractivity contribution < 1.29 is 0 Å². The van der Waals surface area contributed by atoms with Gasteiger partial charge in [0, 0.05) is 77.5 Å². The molecule has 0 unspecified atom stereocenters. The average Bonchev–Trinajstić information content (AvgIpc) is 1.57. The first-order valence-corrected chi connectivity index (χ1v) is 40.4. The molecule has 556 valence electrons. The van der Waals surface area contributed by atoms with Gasteiger partial charge in [-0.25, -0.2) is 24.9 Å². The van der Waals surface area contributed by atoms with Gasteiger partial charge in [-0.2, -0.15) is 0 Å². The lowest BCUT2D eigenvalue weighted by molar-refractivity contribution is 0.661. The lowest BCUT2D eigenvalue weighted by Gasteiger charge is -2.25. The molecule has 3 aliphatic carbocycles. The van der Waals surface area contributed by atoms with Crippen molar-refractivity contribution >= 4 is 32.7 Å². The maximum absolute atomic E-state index is 5.23. The Morgan fingerprint density at radius 3 is 0.906 bits per heavy atom. The van der Waals surface area contributed by atoms with E-state index < -0.39 is 0 Å². The van der Waals surface area contributed by atoms with E-state index in [4.69, 9.17) is 24.9 Å². The predicted molar refractivity (Wildman–Crippen MR) is 486 cm³/mol. The highest BCUT2D eigenvalue weighted by Gasteiger charge is 2.43. The summed E-state index contributed by atoms with van der Waals surface area (Å²) in [6.07, 6.45) is 1.84. The number of rotatable bonds is 10. The van der Waals surface area contributed by atoms with Crippen molar-refractivity contribution in [3.8, 4) is 146 Å². The van der Waals surface area contributed by atoms with Crippen molar-refractivity contribution in [2.45, 2.75) is 57.8 Å². The molecule has 0 N–H and O–H groups in total. The Bertz CT molecular complexity index is 6720. The molecule has 0 saturated heterocycles. The van der Waals surface area contributed by atoms with Crippen LogP contribution in [0.15, 0.2) is 388 Å². The van der Waals surface area contributed by atoms with Crippen LogP contribution in [-0.2, 0) is 16.2 Å². The van der Waals surface area contributed by atoms with Crippen LogP contribution in [0, 0.1) is 0 Å². The minimum Gasteiger partial charge on any atom is -0.256 e. The van der Waals surface area contributed by atoms with Gasteiger partial charge in [0.15, 0.2) is 5.82 Å². The van der Waals surface area contributed by atoms with E-state index in [1.807, 2.05) is 30.5 Å². The van der Waals surface area contributed by atoms with E-state index in [1.165, 1.54) is 122 Å². The number of aromatic nitrogens is 6. The van der Waals surface area contributed by atoms with Crippen LogP contribution in [-0.4, -0.2) is 29.9 Å². The van der Waals surface area contributed by atoms with Gasteiger partial charge in [-0.15, -0.1) is 0 Å². The predicted octanol–water partition coefficient (Wildman–Crippen LogP) is 28.5. The first kappa shape index (κ1) is 71.6. The largest absolute Gasteiger partial charge is 0.256 e. The molecule has 0 bridgehead atoms. The van der Waals surface area contributed by atoms with Gasteiger partial charge >= 0.3 is 0 Å². The van der Waals surface area contributed by atoms with Gasteiger partial charge < -0.3 is 0 Å². The first-order chi connectivity index (χ1) is 57.3. The molecule has 0 atom stereocenters. The Kier molecular flexibility index (Phi) is 17.9. The van der Waals surface area contributed by atoms with Gasteiger partial charge in [-0.3, -0.25) is 4.98 Å². The zero-order chi connectivity index (χ0) is 78.9. The standard InChI is InChI=1S/C40H29N3.C36H27N.C35H26N2/c1-40(2)32-22-11-9-20-30(32)38-37(40)36(31-21-10-12-23-33(31)41-38)28-18-13-19-29(24-28)39-42-34(26-14-5-3-6-15-26)25-35(43-39)27-16-7-4-8-17-27;1-36(2)31-17-8-6-15-29(31)35-34(36)33(30-16-7-9-18-32(30)37-35)26-21-19-25(20-22-26)28-14-10-13-27(23-28)24-11-4-3-5-12-24;1-35(2)29-14-5-3-12-27(29)34-33(35)32(28-13-4-6-16-31(28)37-34)24-19-17-23(18-20-24)25-10-9-11-26(22-25)30-15-7-8-21-36-30/h3-25H,1-2H3;3-23H,1-2H3;3-22H,1-2H3. The Morgan fingerprint density at radius 2 is 0.496 bits per heavy atom. The molecule has 0 saturated carbocycles. The summed E-state index contributed by atoms with van der Waals surface area (Å²) in [5.41, 5.74) is 39.3. The van der Waals surface area contributed by atoms with Crippen molar-refractivity contribution in [1.29, 1.82) is 0 Å². The lowest BCUT2D eigenvalue weighted by Crippen LogP contribution is -2.16. The maximum atomic E-state index is 5.23. The zero-order valence-electron chi connectivity index (χ0n) is 66.1. The number of pyridine rings is 4. The number of hydrogen-bond donors (Lipinski definition) is 0. The minimum absolute atomic E-state index is 0.124. The van der Waals surface area contributed by atoms with Crippen LogP contribution >= 0.6 is 0 Å². The summed E-state index contributed by atoms with van der Waals surface area (Å²) in [6, 6.07) is 135. The molecule has 0 amide bonds. The quantitative estimate of drug-likeness (QED) is 0.136. The number of nitrogens with zero attached hydrogens (tertiary/aromatic N) is 6. The molecular weight excluding hydrogens is 1420 g/mol. The van der Waals surface area contributed by atoms with Gasteiger partial charge in [-0.1, -0.05) is 369 Å². The summed E-state index contributed by atoms with van der Waals surface area (Å²) >= 11 is 0. The molecule has 6 heteroatoms. The highest BCUT2D eigenvalue weighted by molar-refractivity contribution is 6.06. The minimum atomic E-state index is -0.196. The van der Waals surface area contributed by atoms with Gasteiger partial charge in [0.2, 0.25) is 0 Å². The second-order valence-corrected chi connectivity index (χ2v) is 32.4.